The van der Waals surface area contributed by atoms with Gasteiger partial charge in [0, 0.05) is 11.1 Å². The van der Waals surface area contributed by atoms with Gasteiger partial charge in [0.15, 0.2) is 11.6 Å². The molecular weight excluding hydrogens is 468 g/mol. The fraction of sp³-hybridized carbons (Fsp3) is 0.531. The first-order valence-electron chi connectivity index (χ1n) is 13.8. The first kappa shape index (κ1) is 26.7. The highest BCUT2D eigenvalue weighted by molar-refractivity contribution is 7.78. The van der Waals surface area contributed by atoms with Crippen LogP contribution in [0.5, 0.6) is 0 Å². The summed E-state index contributed by atoms with van der Waals surface area (Å²) in [5.41, 5.74) is 2.07. The number of aliphatic imine (C=N–C) groups is 1. The van der Waals surface area contributed by atoms with Gasteiger partial charge in [0.25, 0.3) is 0 Å². The van der Waals surface area contributed by atoms with Crippen molar-refractivity contribution in [1.82, 2.24) is 0 Å². The van der Waals surface area contributed by atoms with E-state index < -0.39 is 17.3 Å². The van der Waals surface area contributed by atoms with E-state index in [9.17, 15) is 8.78 Å². The molecule has 0 atom stereocenters. The van der Waals surface area contributed by atoms with Crippen molar-refractivity contribution < 1.29 is 8.78 Å². The second-order valence-corrected chi connectivity index (χ2v) is 10.9. The van der Waals surface area contributed by atoms with Crippen LogP contribution in [0.25, 0.3) is 0 Å². The highest BCUT2D eigenvalue weighted by Gasteiger charge is 2.31. The van der Waals surface area contributed by atoms with Gasteiger partial charge in [-0.05, 0) is 104 Å². The standard InChI is InChI=1S/C32H37F2NS/c1-2-3-4-5-23-8-12-26(13-9-23)28-16-18-29(19-17-28)27-14-10-24(11-15-27)6-7-25-20-30(33)32(35-22-36)31(34)21-25/h10-11,14-15,20-21,23,26,28-29H,2-5,8-9,12-13,16-19H2,1H3. The predicted molar refractivity (Wildman–Crippen MR) is 148 cm³/mol. The molecule has 4 heteroatoms. The van der Waals surface area contributed by atoms with Gasteiger partial charge < -0.3 is 0 Å². The first-order valence-corrected chi connectivity index (χ1v) is 14.2. The molecule has 0 amide bonds. The van der Waals surface area contributed by atoms with Crippen molar-refractivity contribution in [3.05, 3.63) is 64.7 Å². The zero-order valence-electron chi connectivity index (χ0n) is 21.4. The van der Waals surface area contributed by atoms with E-state index in [-0.39, 0.29) is 5.56 Å². The second kappa shape index (κ2) is 13.3. The lowest BCUT2D eigenvalue weighted by Gasteiger charge is -2.38. The number of benzene rings is 2. The Hall–Kier alpha value is -2.34. The summed E-state index contributed by atoms with van der Waals surface area (Å²) in [6, 6.07) is 10.7. The largest absolute Gasteiger partial charge is 0.204 e. The summed E-state index contributed by atoms with van der Waals surface area (Å²) >= 11 is 4.43. The molecule has 2 saturated carbocycles. The van der Waals surface area contributed by atoms with Crippen LogP contribution < -0.4 is 0 Å². The number of halogens is 2. The molecule has 0 spiro atoms. The lowest BCUT2D eigenvalue weighted by atomic mass is 9.68. The number of nitrogens with zero attached hydrogens (tertiary/aromatic N) is 1. The third-order valence-corrected chi connectivity index (χ3v) is 8.54. The molecule has 36 heavy (non-hydrogen) atoms. The molecule has 0 saturated heterocycles. The van der Waals surface area contributed by atoms with E-state index >= 15 is 0 Å². The maximum absolute atomic E-state index is 14.0. The SMILES string of the molecule is CCCCCC1CCC(C2CCC(c3ccc(C#Cc4cc(F)c(N=C=S)c(F)c4)cc3)CC2)CC1. The number of thiocarbonyl (C=S) groups is 1. The normalized spacial score (nSPS) is 23.9. The maximum Gasteiger partial charge on any atom is 0.153 e. The molecule has 2 fully saturated rings. The average Bonchev–Trinajstić information content (AvgIpc) is 2.91. The van der Waals surface area contributed by atoms with Crippen molar-refractivity contribution in [2.24, 2.45) is 22.7 Å². The van der Waals surface area contributed by atoms with E-state index in [0.29, 0.717) is 5.92 Å². The Balaban J connectivity index is 1.27. The van der Waals surface area contributed by atoms with Crippen LogP contribution in [0.3, 0.4) is 0 Å². The van der Waals surface area contributed by atoms with Crippen LogP contribution in [0.4, 0.5) is 14.5 Å². The van der Waals surface area contributed by atoms with Gasteiger partial charge in [-0.2, -0.15) is 4.99 Å². The van der Waals surface area contributed by atoms with Crippen LogP contribution >= 0.6 is 12.2 Å². The minimum Gasteiger partial charge on any atom is -0.204 e. The van der Waals surface area contributed by atoms with E-state index in [4.69, 9.17) is 0 Å². The van der Waals surface area contributed by atoms with E-state index in [1.807, 2.05) is 17.3 Å². The summed E-state index contributed by atoms with van der Waals surface area (Å²) in [7, 11) is 0. The molecular formula is C32H37F2NS. The molecule has 2 aromatic rings. The lowest BCUT2D eigenvalue weighted by molar-refractivity contribution is 0.155. The fourth-order valence-corrected chi connectivity index (χ4v) is 6.42. The van der Waals surface area contributed by atoms with Crippen molar-refractivity contribution >= 4 is 23.1 Å². The highest BCUT2D eigenvalue weighted by atomic mass is 32.1. The Morgan fingerprint density at radius 3 is 1.97 bits per heavy atom. The van der Waals surface area contributed by atoms with Crippen molar-refractivity contribution in [1.29, 1.82) is 0 Å². The average molecular weight is 506 g/mol. The van der Waals surface area contributed by atoms with Crippen LogP contribution in [0.2, 0.25) is 0 Å². The molecule has 2 aliphatic rings. The zero-order valence-corrected chi connectivity index (χ0v) is 22.2. The Morgan fingerprint density at radius 1 is 0.806 bits per heavy atom. The minimum absolute atomic E-state index is 0.269. The van der Waals surface area contributed by atoms with Gasteiger partial charge in [-0.15, -0.1) is 0 Å². The van der Waals surface area contributed by atoms with E-state index in [2.05, 4.69) is 48.1 Å². The number of unbranched alkanes of at least 4 members (excludes halogenated alkanes) is 2. The van der Waals surface area contributed by atoms with Crippen LogP contribution in [0, 0.1) is 41.2 Å². The summed E-state index contributed by atoms with van der Waals surface area (Å²) in [5.74, 6) is 7.79. The molecule has 0 N–H and O–H groups in total. The van der Waals surface area contributed by atoms with Crippen molar-refractivity contribution in [2.75, 3.05) is 0 Å². The smallest absolute Gasteiger partial charge is 0.153 e. The van der Waals surface area contributed by atoms with Gasteiger partial charge in [-0.25, -0.2) is 8.78 Å². The van der Waals surface area contributed by atoms with E-state index in [1.165, 1.54) is 94.7 Å². The number of isothiocyanates is 1. The van der Waals surface area contributed by atoms with E-state index in [1.54, 1.807) is 0 Å². The monoisotopic (exact) mass is 505 g/mol. The van der Waals surface area contributed by atoms with Gasteiger partial charge in [0.1, 0.15) is 5.69 Å². The van der Waals surface area contributed by atoms with Crippen LogP contribution in [0.1, 0.15) is 107 Å². The number of hydrogen-bond acceptors (Lipinski definition) is 2. The van der Waals surface area contributed by atoms with Crippen molar-refractivity contribution in [2.45, 2.75) is 89.9 Å². The lowest BCUT2D eigenvalue weighted by Crippen LogP contribution is -2.25. The summed E-state index contributed by atoms with van der Waals surface area (Å²) in [6.45, 7) is 2.30. The number of rotatable bonds is 7. The van der Waals surface area contributed by atoms with Gasteiger partial charge >= 0.3 is 0 Å². The third-order valence-electron chi connectivity index (χ3n) is 8.45. The summed E-state index contributed by atoms with van der Waals surface area (Å²) < 4.78 is 28.0. The molecule has 0 radical (unpaired) electrons. The molecule has 0 unspecified atom stereocenters. The minimum atomic E-state index is -0.789. The molecule has 4 rings (SSSR count). The van der Waals surface area contributed by atoms with Crippen molar-refractivity contribution in [3.8, 4) is 11.8 Å². The molecule has 0 aromatic heterocycles. The second-order valence-electron chi connectivity index (χ2n) is 10.8. The van der Waals surface area contributed by atoms with Crippen LogP contribution in [0.15, 0.2) is 41.4 Å². The van der Waals surface area contributed by atoms with Gasteiger partial charge in [0.2, 0.25) is 0 Å². The van der Waals surface area contributed by atoms with Gasteiger partial charge in [-0.3, -0.25) is 0 Å². The van der Waals surface area contributed by atoms with Crippen molar-refractivity contribution in [3.63, 3.8) is 0 Å². The highest BCUT2D eigenvalue weighted by Crippen LogP contribution is 2.44. The van der Waals surface area contributed by atoms with Crippen LogP contribution in [-0.2, 0) is 0 Å². The molecule has 190 valence electrons. The molecule has 0 bridgehead atoms. The maximum atomic E-state index is 14.0. The van der Waals surface area contributed by atoms with Gasteiger partial charge in [-0.1, -0.05) is 69.4 Å². The Morgan fingerprint density at radius 2 is 1.39 bits per heavy atom. The molecule has 1 nitrogen and oxygen atoms in total. The predicted octanol–water partition coefficient (Wildman–Crippen LogP) is 9.76. The first-order chi connectivity index (χ1) is 17.6. The quantitative estimate of drug-likeness (QED) is 0.158. The topological polar surface area (TPSA) is 12.4 Å². The number of hydrogen-bond donors (Lipinski definition) is 0. The fourth-order valence-electron chi connectivity index (χ4n) is 6.33. The zero-order chi connectivity index (χ0) is 25.3. The summed E-state index contributed by atoms with van der Waals surface area (Å²) in [4.78, 5) is 3.43. The Labute approximate surface area is 220 Å². The third kappa shape index (κ3) is 7.12. The van der Waals surface area contributed by atoms with E-state index in [0.717, 1.165) is 23.3 Å². The molecule has 2 aliphatic carbocycles. The molecule has 0 heterocycles. The Bertz CT molecular complexity index is 1080. The molecule has 2 aromatic carbocycles. The summed E-state index contributed by atoms with van der Waals surface area (Å²) in [5, 5.41) is 2.00. The Kier molecular flexibility index (Phi) is 9.85. The van der Waals surface area contributed by atoms with Gasteiger partial charge in [0.05, 0.1) is 5.16 Å². The summed E-state index contributed by atoms with van der Waals surface area (Å²) in [6.07, 6.45) is 16.7. The molecule has 0 aliphatic heterocycles. The van der Waals surface area contributed by atoms with Crippen LogP contribution in [-0.4, -0.2) is 5.16 Å².